The molecule has 1 saturated heterocycles. The van der Waals surface area contributed by atoms with Gasteiger partial charge in [0.1, 0.15) is 0 Å². The largest absolute Gasteiger partial charge is 0.416 e. The average Bonchev–Trinajstić information content (AvgIpc) is 3.10. The van der Waals surface area contributed by atoms with Crippen LogP contribution in [-0.4, -0.2) is 41.1 Å². The maximum atomic E-state index is 13.1. The normalized spacial score (nSPS) is 16.2. The Morgan fingerprint density at radius 1 is 1.20 bits per heavy atom. The highest BCUT2D eigenvalue weighted by Gasteiger charge is 2.31. The highest BCUT2D eigenvalue weighted by Crippen LogP contribution is 2.37. The summed E-state index contributed by atoms with van der Waals surface area (Å²) in [7, 11) is 2.02. The number of alkyl halides is 3. The summed E-state index contributed by atoms with van der Waals surface area (Å²) in [5.41, 5.74) is 0.669. The number of nitrogens with zero attached hydrogens (tertiary/aromatic N) is 2. The number of halogens is 4. The first kappa shape index (κ1) is 20.7. The molecule has 2 aromatic carbocycles. The van der Waals surface area contributed by atoms with Crippen molar-refractivity contribution in [2.45, 2.75) is 19.0 Å². The molecule has 1 fully saturated rings. The molecule has 0 radical (unpaired) electrons. The topological polar surface area (TPSA) is 61.0 Å². The van der Waals surface area contributed by atoms with E-state index < -0.39 is 11.7 Å². The highest BCUT2D eigenvalue weighted by molar-refractivity contribution is 6.33. The molecule has 4 rings (SSSR count). The molecule has 0 spiro atoms. The zero-order valence-electron chi connectivity index (χ0n) is 16.2. The van der Waals surface area contributed by atoms with Crippen LogP contribution in [0.25, 0.3) is 22.0 Å². The molecule has 0 bridgehead atoms. The number of piperidine rings is 1. The second kappa shape index (κ2) is 7.92. The number of amides is 1. The van der Waals surface area contributed by atoms with Gasteiger partial charge in [-0.15, -0.1) is 0 Å². The minimum absolute atomic E-state index is 0.0888. The maximum absolute atomic E-state index is 13.1. The summed E-state index contributed by atoms with van der Waals surface area (Å²) in [5.74, 6) is 0.173. The van der Waals surface area contributed by atoms with Crippen molar-refractivity contribution in [2.75, 3.05) is 25.5 Å². The van der Waals surface area contributed by atoms with Crippen LogP contribution in [0.2, 0.25) is 5.02 Å². The maximum Gasteiger partial charge on any atom is 0.416 e. The number of anilines is 1. The standard InChI is InChI=1S/C21H20ClF3N4O/c1-29-8-6-12(7-9-29)20(30)26-19-16-10-13(2-5-18(16)27-28-19)15-11-14(21(23,24)25)3-4-17(15)22/h2-5,10-12H,6-9H2,1H3,(H2,26,27,28,30). The first-order chi connectivity index (χ1) is 14.2. The van der Waals surface area contributed by atoms with Crippen LogP contribution < -0.4 is 5.32 Å². The van der Waals surface area contributed by atoms with Gasteiger partial charge < -0.3 is 10.2 Å². The molecule has 0 atom stereocenters. The van der Waals surface area contributed by atoms with Crippen molar-refractivity contribution >= 4 is 34.2 Å². The Bertz CT molecular complexity index is 1090. The van der Waals surface area contributed by atoms with Gasteiger partial charge in [-0.25, -0.2) is 0 Å². The predicted octanol–water partition coefficient (Wildman–Crippen LogP) is 5.18. The van der Waals surface area contributed by atoms with Gasteiger partial charge in [0.15, 0.2) is 5.82 Å². The van der Waals surface area contributed by atoms with Crippen molar-refractivity contribution in [3.63, 3.8) is 0 Å². The lowest BCUT2D eigenvalue weighted by Crippen LogP contribution is -2.36. The van der Waals surface area contributed by atoms with E-state index in [1.54, 1.807) is 18.2 Å². The van der Waals surface area contributed by atoms with E-state index in [2.05, 4.69) is 20.4 Å². The third kappa shape index (κ3) is 4.15. The lowest BCUT2D eigenvalue weighted by Gasteiger charge is -2.27. The number of H-pyrrole nitrogens is 1. The van der Waals surface area contributed by atoms with Crippen LogP contribution in [0, 0.1) is 5.92 Å². The van der Waals surface area contributed by atoms with Crippen LogP contribution in [0.15, 0.2) is 36.4 Å². The Kier molecular flexibility index (Phi) is 5.46. The van der Waals surface area contributed by atoms with Crippen LogP contribution in [0.1, 0.15) is 18.4 Å². The van der Waals surface area contributed by atoms with E-state index in [9.17, 15) is 18.0 Å². The summed E-state index contributed by atoms with van der Waals surface area (Å²) in [5, 5.41) is 10.7. The number of aromatic amines is 1. The molecule has 3 aromatic rings. The fourth-order valence-electron chi connectivity index (χ4n) is 3.69. The Morgan fingerprint density at radius 2 is 1.93 bits per heavy atom. The fraction of sp³-hybridized carbons (Fsp3) is 0.333. The summed E-state index contributed by atoms with van der Waals surface area (Å²) >= 11 is 6.18. The molecule has 1 aliphatic rings. The molecular weight excluding hydrogens is 417 g/mol. The molecule has 2 N–H and O–H groups in total. The Hall–Kier alpha value is -2.58. The molecule has 0 unspecified atom stereocenters. The number of carbonyl (C=O) groups is 1. The number of rotatable bonds is 3. The number of carbonyl (C=O) groups excluding carboxylic acids is 1. The molecule has 1 aromatic heterocycles. The minimum Gasteiger partial charge on any atom is -0.308 e. The van der Waals surface area contributed by atoms with E-state index in [1.165, 1.54) is 6.07 Å². The lowest BCUT2D eigenvalue weighted by molar-refractivity contribution is -0.137. The summed E-state index contributed by atoms with van der Waals surface area (Å²) in [6, 6.07) is 8.28. The molecule has 30 heavy (non-hydrogen) atoms. The number of benzene rings is 2. The Balaban J connectivity index is 1.65. The van der Waals surface area contributed by atoms with Crippen LogP contribution in [0.4, 0.5) is 19.0 Å². The molecule has 0 aliphatic carbocycles. The monoisotopic (exact) mass is 436 g/mol. The zero-order chi connectivity index (χ0) is 21.5. The smallest absolute Gasteiger partial charge is 0.308 e. The zero-order valence-corrected chi connectivity index (χ0v) is 16.9. The Labute approximate surface area is 176 Å². The van der Waals surface area contributed by atoms with Crippen molar-refractivity contribution < 1.29 is 18.0 Å². The molecule has 9 heteroatoms. The summed E-state index contributed by atoms with van der Waals surface area (Å²) in [6.45, 7) is 1.72. The molecule has 1 aliphatic heterocycles. The molecule has 1 amide bonds. The van der Waals surface area contributed by atoms with Gasteiger partial charge in [0.2, 0.25) is 5.91 Å². The van der Waals surface area contributed by atoms with Gasteiger partial charge in [-0.1, -0.05) is 17.7 Å². The van der Waals surface area contributed by atoms with Gasteiger partial charge in [-0.05, 0) is 68.9 Å². The second-order valence-electron chi connectivity index (χ2n) is 7.59. The van der Waals surface area contributed by atoms with Crippen LogP contribution in [0.3, 0.4) is 0 Å². The van der Waals surface area contributed by atoms with Gasteiger partial charge in [0.25, 0.3) is 0 Å². The number of fused-ring (bicyclic) bond motifs is 1. The quantitative estimate of drug-likeness (QED) is 0.594. The summed E-state index contributed by atoms with van der Waals surface area (Å²) < 4.78 is 39.4. The van der Waals surface area contributed by atoms with Crippen LogP contribution in [0.5, 0.6) is 0 Å². The van der Waals surface area contributed by atoms with Crippen molar-refractivity contribution in [3.8, 4) is 11.1 Å². The average molecular weight is 437 g/mol. The second-order valence-corrected chi connectivity index (χ2v) is 8.00. The van der Waals surface area contributed by atoms with E-state index >= 15 is 0 Å². The van der Waals surface area contributed by atoms with Gasteiger partial charge >= 0.3 is 6.18 Å². The summed E-state index contributed by atoms with van der Waals surface area (Å²) in [6.07, 6.45) is -2.92. The minimum atomic E-state index is -4.47. The van der Waals surface area contributed by atoms with Crippen molar-refractivity contribution in [2.24, 2.45) is 5.92 Å². The van der Waals surface area contributed by atoms with Crippen LogP contribution in [-0.2, 0) is 11.0 Å². The van der Waals surface area contributed by atoms with E-state index in [0.29, 0.717) is 22.3 Å². The fourth-order valence-corrected chi connectivity index (χ4v) is 3.92. The Morgan fingerprint density at radius 3 is 2.63 bits per heavy atom. The molecular formula is C21H20ClF3N4O. The SMILES string of the molecule is CN1CCC(C(=O)Nc2n[nH]c3ccc(-c4cc(C(F)(F)F)ccc4Cl)cc23)CC1. The van der Waals surface area contributed by atoms with Gasteiger partial charge in [-0.3, -0.25) is 9.89 Å². The molecule has 0 saturated carbocycles. The van der Waals surface area contributed by atoms with E-state index in [-0.39, 0.29) is 22.4 Å². The number of hydrogen-bond acceptors (Lipinski definition) is 3. The van der Waals surface area contributed by atoms with Crippen molar-refractivity contribution in [1.29, 1.82) is 0 Å². The van der Waals surface area contributed by atoms with E-state index in [0.717, 1.165) is 38.1 Å². The number of nitrogens with one attached hydrogen (secondary N) is 2. The van der Waals surface area contributed by atoms with E-state index in [4.69, 9.17) is 11.6 Å². The molecule has 158 valence electrons. The summed E-state index contributed by atoms with van der Waals surface area (Å²) in [4.78, 5) is 14.8. The third-order valence-corrected chi connectivity index (χ3v) is 5.83. The molecule has 5 nitrogen and oxygen atoms in total. The van der Waals surface area contributed by atoms with E-state index in [1.807, 2.05) is 7.05 Å². The van der Waals surface area contributed by atoms with Crippen LogP contribution >= 0.6 is 11.6 Å². The molecule has 2 heterocycles. The predicted molar refractivity (Wildman–Crippen MR) is 110 cm³/mol. The first-order valence-electron chi connectivity index (χ1n) is 9.57. The van der Waals surface area contributed by atoms with Crippen molar-refractivity contribution in [1.82, 2.24) is 15.1 Å². The van der Waals surface area contributed by atoms with Gasteiger partial charge in [-0.2, -0.15) is 18.3 Å². The number of likely N-dealkylation sites (tertiary alicyclic amines) is 1. The number of aromatic nitrogens is 2. The highest BCUT2D eigenvalue weighted by atomic mass is 35.5. The van der Waals surface area contributed by atoms with Gasteiger partial charge in [0.05, 0.1) is 11.1 Å². The third-order valence-electron chi connectivity index (χ3n) is 5.50. The van der Waals surface area contributed by atoms with Gasteiger partial charge in [0, 0.05) is 21.9 Å². The van der Waals surface area contributed by atoms with Crippen molar-refractivity contribution in [3.05, 3.63) is 47.0 Å². The number of hydrogen-bond donors (Lipinski definition) is 2. The lowest BCUT2D eigenvalue weighted by atomic mass is 9.96. The first-order valence-corrected chi connectivity index (χ1v) is 9.95.